The van der Waals surface area contributed by atoms with Crippen LogP contribution in [0, 0.1) is 0 Å². The molecule has 0 amide bonds. The standard InChI is InChI=1S/C16H14O3/c1-12(17)19-16-4-2-3-14(11-16)6-5-13-7-9-15(18)10-8-13/h2-11,18H,1H3/b6-5+. The molecule has 3 nitrogen and oxygen atoms in total. The van der Waals surface area contributed by atoms with Gasteiger partial charge in [-0.3, -0.25) is 4.79 Å². The topological polar surface area (TPSA) is 46.5 Å². The summed E-state index contributed by atoms with van der Waals surface area (Å²) in [7, 11) is 0. The summed E-state index contributed by atoms with van der Waals surface area (Å²) in [5, 5.41) is 9.19. The molecule has 0 heterocycles. The van der Waals surface area contributed by atoms with Gasteiger partial charge in [0, 0.05) is 6.92 Å². The number of hydrogen-bond acceptors (Lipinski definition) is 3. The summed E-state index contributed by atoms with van der Waals surface area (Å²) in [5.41, 5.74) is 1.92. The highest BCUT2D eigenvalue weighted by molar-refractivity contribution is 5.72. The maximum atomic E-state index is 10.9. The van der Waals surface area contributed by atoms with Gasteiger partial charge in [-0.1, -0.05) is 36.4 Å². The van der Waals surface area contributed by atoms with E-state index in [9.17, 15) is 9.90 Å². The predicted molar refractivity (Wildman–Crippen MR) is 74.8 cm³/mol. The van der Waals surface area contributed by atoms with E-state index < -0.39 is 0 Å². The van der Waals surface area contributed by atoms with Gasteiger partial charge in [-0.2, -0.15) is 0 Å². The SMILES string of the molecule is CC(=O)Oc1cccc(/C=C/c2ccc(O)cc2)c1. The molecule has 3 heteroatoms. The van der Waals surface area contributed by atoms with Gasteiger partial charge in [-0.25, -0.2) is 0 Å². The molecule has 0 aromatic heterocycles. The van der Waals surface area contributed by atoms with E-state index in [0.717, 1.165) is 11.1 Å². The molecule has 0 aliphatic heterocycles. The number of esters is 1. The lowest BCUT2D eigenvalue weighted by atomic mass is 10.1. The van der Waals surface area contributed by atoms with Crippen LogP contribution in [-0.2, 0) is 4.79 Å². The van der Waals surface area contributed by atoms with Crippen LogP contribution in [0.4, 0.5) is 0 Å². The van der Waals surface area contributed by atoms with Crippen molar-refractivity contribution in [3.05, 3.63) is 59.7 Å². The largest absolute Gasteiger partial charge is 0.508 e. The molecule has 19 heavy (non-hydrogen) atoms. The molecule has 0 radical (unpaired) electrons. The number of carbonyl (C=O) groups excluding carboxylic acids is 1. The summed E-state index contributed by atoms with van der Waals surface area (Å²) in [5.74, 6) is 0.439. The highest BCUT2D eigenvalue weighted by Crippen LogP contribution is 2.17. The molecule has 2 aromatic carbocycles. The molecule has 0 saturated heterocycles. The van der Waals surface area contributed by atoms with E-state index in [4.69, 9.17) is 4.74 Å². The van der Waals surface area contributed by atoms with E-state index in [0.29, 0.717) is 5.75 Å². The number of ether oxygens (including phenoxy) is 1. The van der Waals surface area contributed by atoms with E-state index >= 15 is 0 Å². The van der Waals surface area contributed by atoms with Gasteiger partial charge in [0.1, 0.15) is 11.5 Å². The van der Waals surface area contributed by atoms with E-state index in [1.165, 1.54) is 6.92 Å². The van der Waals surface area contributed by atoms with Gasteiger partial charge < -0.3 is 9.84 Å². The minimum Gasteiger partial charge on any atom is -0.508 e. The molecule has 0 atom stereocenters. The summed E-state index contributed by atoms with van der Waals surface area (Å²) >= 11 is 0. The highest BCUT2D eigenvalue weighted by atomic mass is 16.5. The summed E-state index contributed by atoms with van der Waals surface area (Å²) in [6, 6.07) is 14.2. The molecule has 0 saturated carbocycles. The van der Waals surface area contributed by atoms with Crippen LogP contribution < -0.4 is 4.74 Å². The van der Waals surface area contributed by atoms with Crippen LogP contribution >= 0.6 is 0 Å². The maximum absolute atomic E-state index is 10.9. The van der Waals surface area contributed by atoms with Gasteiger partial charge in [0.05, 0.1) is 0 Å². The molecule has 2 aromatic rings. The van der Waals surface area contributed by atoms with E-state index in [1.807, 2.05) is 36.4 Å². The smallest absolute Gasteiger partial charge is 0.308 e. The zero-order valence-corrected chi connectivity index (χ0v) is 10.5. The van der Waals surface area contributed by atoms with Crippen LogP contribution in [0.3, 0.4) is 0 Å². The average Bonchev–Trinajstić information content (AvgIpc) is 2.38. The highest BCUT2D eigenvalue weighted by Gasteiger charge is 1.97. The summed E-state index contributed by atoms with van der Waals surface area (Å²) < 4.78 is 5.02. The van der Waals surface area contributed by atoms with Crippen molar-refractivity contribution in [3.8, 4) is 11.5 Å². The molecule has 0 bridgehead atoms. The Balaban J connectivity index is 2.14. The molecule has 0 aliphatic carbocycles. The number of phenolic OH excluding ortho intramolecular Hbond substituents is 1. The van der Waals surface area contributed by atoms with Gasteiger partial charge >= 0.3 is 5.97 Å². The monoisotopic (exact) mass is 254 g/mol. The van der Waals surface area contributed by atoms with Crippen LogP contribution in [0.2, 0.25) is 0 Å². The van der Waals surface area contributed by atoms with Gasteiger partial charge in [-0.05, 0) is 35.4 Å². The van der Waals surface area contributed by atoms with E-state index in [-0.39, 0.29) is 11.7 Å². The van der Waals surface area contributed by atoms with Gasteiger partial charge in [0.25, 0.3) is 0 Å². The first-order chi connectivity index (χ1) is 9.13. The Morgan fingerprint density at radius 3 is 2.42 bits per heavy atom. The third-order valence-electron chi connectivity index (χ3n) is 2.48. The van der Waals surface area contributed by atoms with E-state index in [1.54, 1.807) is 24.3 Å². The number of rotatable bonds is 3. The third kappa shape index (κ3) is 4.00. The molecule has 96 valence electrons. The fraction of sp³-hybridized carbons (Fsp3) is 0.0625. The Bertz CT molecular complexity index is 598. The summed E-state index contributed by atoms with van der Waals surface area (Å²) in [4.78, 5) is 10.9. The third-order valence-corrected chi connectivity index (χ3v) is 2.48. The number of benzene rings is 2. The Labute approximate surface area is 111 Å². The van der Waals surface area contributed by atoms with Crippen molar-refractivity contribution in [3.63, 3.8) is 0 Å². The lowest BCUT2D eigenvalue weighted by Gasteiger charge is -2.01. The van der Waals surface area contributed by atoms with Crippen molar-refractivity contribution in [2.24, 2.45) is 0 Å². The maximum Gasteiger partial charge on any atom is 0.308 e. The minimum atomic E-state index is -0.334. The number of aromatic hydroxyl groups is 1. The minimum absolute atomic E-state index is 0.244. The molecule has 2 rings (SSSR count). The van der Waals surface area contributed by atoms with Crippen molar-refractivity contribution < 1.29 is 14.6 Å². The number of hydrogen-bond donors (Lipinski definition) is 1. The first-order valence-electron chi connectivity index (χ1n) is 5.89. The number of phenols is 1. The second-order valence-electron chi connectivity index (χ2n) is 4.09. The molecular formula is C16H14O3. The molecule has 0 spiro atoms. The predicted octanol–water partition coefficient (Wildman–Crippen LogP) is 3.49. The van der Waals surface area contributed by atoms with E-state index in [2.05, 4.69) is 0 Å². The fourth-order valence-electron chi connectivity index (χ4n) is 1.63. The first kappa shape index (κ1) is 12.9. The Morgan fingerprint density at radius 2 is 1.74 bits per heavy atom. The van der Waals surface area contributed by atoms with Crippen molar-refractivity contribution in [2.75, 3.05) is 0 Å². The second-order valence-corrected chi connectivity index (χ2v) is 4.09. The Hall–Kier alpha value is -2.55. The lowest BCUT2D eigenvalue weighted by Crippen LogP contribution is -2.00. The second kappa shape index (κ2) is 5.87. The van der Waals surface area contributed by atoms with Gasteiger partial charge in [0.2, 0.25) is 0 Å². The fourth-order valence-corrected chi connectivity index (χ4v) is 1.63. The quantitative estimate of drug-likeness (QED) is 0.518. The van der Waals surface area contributed by atoms with Crippen LogP contribution in [0.5, 0.6) is 11.5 Å². The van der Waals surface area contributed by atoms with Crippen LogP contribution in [0.1, 0.15) is 18.1 Å². The van der Waals surface area contributed by atoms with Crippen molar-refractivity contribution in [1.29, 1.82) is 0 Å². The molecular weight excluding hydrogens is 240 g/mol. The Kier molecular flexibility index (Phi) is 3.98. The van der Waals surface area contributed by atoms with Gasteiger partial charge in [0.15, 0.2) is 0 Å². The molecule has 0 fully saturated rings. The van der Waals surface area contributed by atoms with Crippen LogP contribution in [0.25, 0.3) is 12.2 Å². The van der Waals surface area contributed by atoms with Gasteiger partial charge in [-0.15, -0.1) is 0 Å². The van der Waals surface area contributed by atoms with Crippen molar-refractivity contribution in [2.45, 2.75) is 6.92 Å². The molecule has 1 N–H and O–H groups in total. The first-order valence-corrected chi connectivity index (χ1v) is 5.89. The normalized spacial score (nSPS) is 10.6. The average molecular weight is 254 g/mol. The number of carbonyl (C=O) groups is 1. The zero-order valence-electron chi connectivity index (χ0n) is 10.5. The molecule has 0 aliphatic rings. The summed E-state index contributed by atoms with van der Waals surface area (Å²) in [6.45, 7) is 1.37. The Morgan fingerprint density at radius 1 is 1.05 bits per heavy atom. The van der Waals surface area contributed by atoms with Crippen LogP contribution in [-0.4, -0.2) is 11.1 Å². The van der Waals surface area contributed by atoms with Crippen LogP contribution in [0.15, 0.2) is 48.5 Å². The summed E-state index contributed by atoms with van der Waals surface area (Å²) in [6.07, 6.45) is 3.84. The lowest BCUT2D eigenvalue weighted by molar-refractivity contribution is -0.131. The zero-order chi connectivity index (χ0) is 13.7. The van der Waals surface area contributed by atoms with Crippen molar-refractivity contribution >= 4 is 18.1 Å². The molecule has 0 unspecified atom stereocenters. The van der Waals surface area contributed by atoms with Crippen molar-refractivity contribution in [1.82, 2.24) is 0 Å².